The molecule has 2 aromatic carbocycles. The third kappa shape index (κ3) is 2.67. The standard InChI is InChI=1S/C14H10ClF3/c1-8-2-3-10(11(15)4-8)5-9-6-12(16)14(18)13(17)7-9/h2-4,6-7H,5H2,1H3. The quantitative estimate of drug-likeness (QED) is 0.697. The Hall–Kier alpha value is -1.48. The highest BCUT2D eigenvalue weighted by Gasteiger charge is 2.11. The van der Waals surface area contributed by atoms with Crippen LogP contribution in [0.2, 0.25) is 5.02 Å². The normalized spacial score (nSPS) is 10.7. The molecule has 0 nitrogen and oxygen atoms in total. The van der Waals surface area contributed by atoms with Gasteiger partial charge in [0, 0.05) is 5.02 Å². The third-order valence-electron chi connectivity index (χ3n) is 2.65. The molecule has 2 aromatic rings. The number of benzene rings is 2. The molecule has 4 heteroatoms. The van der Waals surface area contributed by atoms with Crippen LogP contribution in [0.25, 0.3) is 0 Å². The average Bonchev–Trinajstić information content (AvgIpc) is 2.29. The van der Waals surface area contributed by atoms with Crippen molar-refractivity contribution in [2.45, 2.75) is 13.3 Å². The van der Waals surface area contributed by atoms with Crippen LogP contribution < -0.4 is 0 Å². The molecule has 0 saturated heterocycles. The van der Waals surface area contributed by atoms with Crippen LogP contribution in [-0.2, 0) is 6.42 Å². The minimum atomic E-state index is -1.45. The van der Waals surface area contributed by atoms with Crippen molar-refractivity contribution in [3.05, 3.63) is 69.5 Å². The summed E-state index contributed by atoms with van der Waals surface area (Å²) < 4.78 is 38.9. The van der Waals surface area contributed by atoms with Crippen LogP contribution >= 0.6 is 11.6 Å². The second-order valence-electron chi connectivity index (χ2n) is 4.15. The van der Waals surface area contributed by atoms with Crippen molar-refractivity contribution in [1.82, 2.24) is 0 Å². The summed E-state index contributed by atoms with van der Waals surface area (Å²) in [7, 11) is 0. The first-order valence-electron chi connectivity index (χ1n) is 5.36. The number of rotatable bonds is 2. The van der Waals surface area contributed by atoms with Gasteiger partial charge in [-0.25, -0.2) is 13.2 Å². The molecule has 0 aliphatic rings. The lowest BCUT2D eigenvalue weighted by Gasteiger charge is -2.06. The Balaban J connectivity index is 2.34. The number of halogens is 4. The summed E-state index contributed by atoms with van der Waals surface area (Å²) in [6.45, 7) is 1.90. The van der Waals surface area contributed by atoms with Crippen molar-refractivity contribution < 1.29 is 13.2 Å². The van der Waals surface area contributed by atoms with Crippen LogP contribution in [0.15, 0.2) is 30.3 Å². The molecule has 0 bridgehead atoms. The molecular formula is C14H10ClF3. The largest absolute Gasteiger partial charge is 0.204 e. The monoisotopic (exact) mass is 270 g/mol. The van der Waals surface area contributed by atoms with Gasteiger partial charge in [-0.2, -0.15) is 0 Å². The lowest BCUT2D eigenvalue weighted by Crippen LogP contribution is -1.96. The molecule has 0 amide bonds. The van der Waals surface area contributed by atoms with E-state index in [1.54, 1.807) is 12.1 Å². The first kappa shape index (κ1) is 13.0. The van der Waals surface area contributed by atoms with Crippen molar-refractivity contribution >= 4 is 11.6 Å². The fourth-order valence-electron chi connectivity index (χ4n) is 1.73. The molecule has 0 aliphatic carbocycles. The molecule has 0 N–H and O–H groups in total. The molecule has 0 aliphatic heterocycles. The molecule has 94 valence electrons. The summed E-state index contributed by atoms with van der Waals surface area (Å²) in [6.07, 6.45) is 0.257. The van der Waals surface area contributed by atoms with Gasteiger partial charge in [0.2, 0.25) is 0 Å². The zero-order chi connectivity index (χ0) is 13.3. The molecule has 0 atom stereocenters. The van der Waals surface area contributed by atoms with E-state index in [0.717, 1.165) is 23.3 Å². The van der Waals surface area contributed by atoms with Gasteiger partial charge in [0.15, 0.2) is 17.5 Å². The first-order chi connectivity index (χ1) is 8.47. The Morgan fingerprint density at radius 2 is 1.61 bits per heavy atom. The maximum absolute atomic E-state index is 13.1. The number of aryl methyl sites for hydroxylation is 1. The van der Waals surface area contributed by atoms with Gasteiger partial charge in [-0.15, -0.1) is 0 Å². The summed E-state index contributed by atoms with van der Waals surface area (Å²) in [4.78, 5) is 0. The van der Waals surface area contributed by atoms with Gasteiger partial charge in [0.1, 0.15) is 0 Å². The van der Waals surface area contributed by atoms with E-state index in [0.29, 0.717) is 10.6 Å². The van der Waals surface area contributed by atoms with Crippen LogP contribution in [0.4, 0.5) is 13.2 Å². The van der Waals surface area contributed by atoms with E-state index >= 15 is 0 Å². The van der Waals surface area contributed by atoms with Gasteiger partial charge in [0.25, 0.3) is 0 Å². The topological polar surface area (TPSA) is 0 Å². The lowest BCUT2D eigenvalue weighted by molar-refractivity contribution is 0.445. The van der Waals surface area contributed by atoms with Gasteiger partial charge in [-0.3, -0.25) is 0 Å². The van der Waals surface area contributed by atoms with E-state index in [2.05, 4.69) is 0 Å². The van der Waals surface area contributed by atoms with Gasteiger partial charge in [-0.1, -0.05) is 23.7 Å². The van der Waals surface area contributed by atoms with E-state index in [9.17, 15) is 13.2 Å². The van der Waals surface area contributed by atoms with Gasteiger partial charge < -0.3 is 0 Å². The van der Waals surface area contributed by atoms with Gasteiger partial charge in [0.05, 0.1) is 0 Å². The SMILES string of the molecule is Cc1ccc(Cc2cc(F)c(F)c(F)c2)c(Cl)c1. The minimum absolute atomic E-state index is 0.257. The Labute approximate surface area is 108 Å². The molecule has 0 radical (unpaired) electrons. The van der Waals surface area contributed by atoms with Crippen molar-refractivity contribution in [1.29, 1.82) is 0 Å². The van der Waals surface area contributed by atoms with Crippen molar-refractivity contribution in [2.24, 2.45) is 0 Å². The Morgan fingerprint density at radius 3 is 2.17 bits per heavy atom. The van der Waals surface area contributed by atoms with E-state index in [1.165, 1.54) is 0 Å². The van der Waals surface area contributed by atoms with Crippen LogP contribution in [0, 0.1) is 24.4 Å². The summed E-state index contributed by atoms with van der Waals surface area (Å²) >= 11 is 6.03. The average molecular weight is 271 g/mol. The smallest absolute Gasteiger partial charge is 0.194 e. The third-order valence-corrected chi connectivity index (χ3v) is 3.00. The van der Waals surface area contributed by atoms with Crippen LogP contribution in [0.3, 0.4) is 0 Å². The van der Waals surface area contributed by atoms with Crippen LogP contribution in [-0.4, -0.2) is 0 Å². The van der Waals surface area contributed by atoms with Crippen molar-refractivity contribution in [3.63, 3.8) is 0 Å². The second kappa shape index (κ2) is 5.02. The highest BCUT2D eigenvalue weighted by atomic mass is 35.5. The summed E-state index contributed by atoms with van der Waals surface area (Å²) in [5, 5.41) is 0.528. The fraction of sp³-hybridized carbons (Fsp3) is 0.143. The number of hydrogen-bond acceptors (Lipinski definition) is 0. The van der Waals surface area contributed by atoms with Crippen molar-refractivity contribution in [2.75, 3.05) is 0 Å². The minimum Gasteiger partial charge on any atom is -0.204 e. The first-order valence-corrected chi connectivity index (χ1v) is 5.73. The zero-order valence-corrected chi connectivity index (χ0v) is 10.4. The van der Waals surface area contributed by atoms with Crippen LogP contribution in [0.5, 0.6) is 0 Å². The molecule has 0 unspecified atom stereocenters. The number of hydrogen-bond donors (Lipinski definition) is 0. The second-order valence-corrected chi connectivity index (χ2v) is 4.55. The molecule has 0 fully saturated rings. The Kier molecular flexibility index (Phi) is 3.62. The predicted molar refractivity (Wildman–Crippen MR) is 65.3 cm³/mol. The predicted octanol–water partition coefficient (Wildman–Crippen LogP) is 4.66. The Morgan fingerprint density at radius 1 is 1.00 bits per heavy atom. The summed E-state index contributed by atoms with van der Waals surface area (Å²) in [5.74, 6) is -3.82. The molecular weight excluding hydrogens is 261 g/mol. The van der Waals surface area contributed by atoms with Crippen molar-refractivity contribution in [3.8, 4) is 0 Å². The highest BCUT2D eigenvalue weighted by Crippen LogP contribution is 2.22. The fourth-order valence-corrected chi connectivity index (χ4v) is 2.03. The highest BCUT2D eigenvalue weighted by molar-refractivity contribution is 6.31. The molecule has 18 heavy (non-hydrogen) atoms. The molecule has 0 saturated carbocycles. The van der Waals surface area contributed by atoms with E-state index in [-0.39, 0.29) is 6.42 Å². The van der Waals surface area contributed by atoms with E-state index in [4.69, 9.17) is 11.6 Å². The summed E-state index contributed by atoms with van der Waals surface area (Å²) in [5.41, 5.74) is 2.09. The van der Waals surface area contributed by atoms with E-state index in [1.807, 2.05) is 13.0 Å². The van der Waals surface area contributed by atoms with Gasteiger partial charge >= 0.3 is 0 Å². The molecule has 0 heterocycles. The maximum atomic E-state index is 13.1. The zero-order valence-electron chi connectivity index (χ0n) is 9.61. The van der Waals surface area contributed by atoms with E-state index < -0.39 is 17.5 Å². The summed E-state index contributed by atoms with van der Waals surface area (Å²) in [6, 6.07) is 7.38. The molecule has 0 aromatic heterocycles. The molecule has 0 spiro atoms. The lowest BCUT2D eigenvalue weighted by atomic mass is 10.0. The van der Waals surface area contributed by atoms with Gasteiger partial charge in [-0.05, 0) is 48.2 Å². The van der Waals surface area contributed by atoms with Crippen LogP contribution in [0.1, 0.15) is 16.7 Å². The Bertz CT molecular complexity index is 571. The molecule has 2 rings (SSSR count). The maximum Gasteiger partial charge on any atom is 0.194 e.